The molecular formula is C22H14BrNO2S. The van der Waals surface area contributed by atoms with Crippen LogP contribution in [-0.4, -0.2) is 18.6 Å². The quantitative estimate of drug-likeness (QED) is 0.512. The Hall–Kier alpha value is -2.37. The molecular weight excluding hydrogens is 422 g/mol. The van der Waals surface area contributed by atoms with Crippen LogP contribution in [0.2, 0.25) is 0 Å². The van der Waals surface area contributed by atoms with Crippen LogP contribution in [0, 0.1) is 0 Å². The number of hydrogen-bond acceptors (Lipinski definition) is 4. The number of ketones is 1. The lowest BCUT2D eigenvalue weighted by Crippen LogP contribution is -2.36. The highest BCUT2D eigenvalue weighted by Gasteiger charge is 2.55. The number of rotatable bonds is 2. The maximum atomic E-state index is 13.7. The molecule has 5 rings (SSSR count). The van der Waals surface area contributed by atoms with Crippen LogP contribution < -0.4 is 4.74 Å². The summed E-state index contributed by atoms with van der Waals surface area (Å²) in [5, 5.41) is 0. The van der Waals surface area contributed by atoms with Crippen molar-refractivity contribution in [3.8, 4) is 5.75 Å². The number of thioether (sulfide) groups is 1. The molecule has 1 atom stereocenters. The number of Topliss-reactive ketones (excluding diaryl/α,β-unsaturated/α-hetero) is 1. The molecule has 0 amide bonds. The summed E-state index contributed by atoms with van der Waals surface area (Å²) >= 11 is 5.10. The first kappa shape index (κ1) is 16.8. The molecule has 0 fully saturated rings. The van der Waals surface area contributed by atoms with E-state index in [1.165, 1.54) is 0 Å². The van der Waals surface area contributed by atoms with Crippen molar-refractivity contribution < 1.29 is 9.53 Å². The summed E-state index contributed by atoms with van der Waals surface area (Å²) in [6, 6.07) is 21.5. The van der Waals surface area contributed by atoms with E-state index in [2.05, 4.69) is 15.9 Å². The molecule has 1 aliphatic carbocycles. The van der Waals surface area contributed by atoms with Gasteiger partial charge in [0.05, 0.1) is 18.5 Å². The molecule has 0 aromatic heterocycles. The number of ether oxygens (including phenoxy) is 1. The summed E-state index contributed by atoms with van der Waals surface area (Å²) < 4.78 is 5.50. The van der Waals surface area contributed by atoms with E-state index in [0.29, 0.717) is 0 Å². The summed E-state index contributed by atoms with van der Waals surface area (Å²) in [4.78, 5) is 19.6. The summed E-state index contributed by atoms with van der Waals surface area (Å²) in [5.74, 6) is 0.798. The van der Waals surface area contributed by atoms with Crippen molar-refractivity contribution in [1.82, 2.24) is 0 Å². The van der Waals surface area contributed by atoms with Crippen molar-refractivity contribution >= 4 is 44.9 Å². The average molecular weight is 436 g/mol. The fourth-order valence-corrected chi connectivity index (χ4v) is 5.67. The molecule has 0 radical (unpaired) electrons. The van der Waals surface area contributed by atoms with Gasteiger partial charge in [0.1, 0.15) is 5.75 Å². The monoisotopic (exact) mass is 435 g/mol. The van der Waals surface area contributed by atoms with Gasteiger partial charge in [0.25, 0.3) is 0 Å². The molecule has 0 saturated carbocycles. The van der Waals surface area contributed by atoms with Gasteiger partial charge >= 0.3 is 0 Å². The first-order chi connectivity index (χ1) is 13.1. The lowest BCUT2D eigenvalue weighted by molar-refractivity contribution is 0.0976. The van der Waals surface area contributed by atoms with Crippen molar-refractivity contribution in [3.05, 3.63) is 87.9 Å². The number of carbonyl (C=O) groups excluding carboxylic acids is 1. The van der Waals surface area contributed by atoms with E-state index in [0.717, 1.165) is 43.2 Å². The summed E-state index contributed by atoms with van der Waals surface area (Å²) in [6.45, 7) is 0. The molecule has 1 heterocycles. The molecule has 0 spiro atoms. The normalized spacial score (nSPS) is 19.8. The number of halogens is 1. The summed E-state index contributed by atoms with van der Waals surface area (Å²) in [6.07, 6.45) is 0. The van der Waals surface area contributed by atoms with Crippen LogP contribution in [-0.2, 0) is 4.75 Å². The maximum Gasteiger partial charge on any atom is 0.190 e. The summed E-state index contributed by atoms with van der Waals surface area (Å²) in [5.41, 5.74) is 4.21. The number of nitrogens with zero attached hydrogens (tertiary/aromatic N) is 1. The van der Waals surface area contributed by atoms with E-state index in [-0.39, 0.29) is 5.78 Å². The van der Waals surface area contributed by atoms with Crippen LogP contribution in [0.3, 0.4) is 0 Å². The Bertz CT molecular complexity index is 1140. The Labute approximate surface area is 169 Å². The molecule has 5 heteroatoms. The van der Waals surface area contributed by atoms with Crippen molar-refractivity contribution in [2.45, 2.75) is 9.64 Å². The number of methoxy groups -OCH3 is 1. The minimum atomic E-state index is -0.897. The minimum absolute atomic E-state index is 0.0701. The second-order valence-electron chi connectivity index (χ2n) is 6.46. The van der Waals surface area contributed by atoms with Gasteiger partial charge in [-0.2, -0.15) is 0 Å². The van der Waals surface area contributed by atoms with Crippen LogP contribution in [0.15, 0.2) is 81.1 Å². The van der Waals surface area contributed by atoms with Gasteiger partial charge in [-0.05, 0) is 35.9 Å². The number of aliphatic imine (C=N–C) groups is 1. The second kappa shape index (κ2) is 6.08. The highest BCUT2D eigenvalue weighted by molar-refractivity contribution is 9.10. The zero-order valence-corrected chi connectivity index (χ0v) is 16.8. The van der Waals surface area contributed by atoms with E-state index < -0.39 is 4.75 Å². The maximum absolute atomic E-state index is 13.7. The molecule has 3 aromatic rings. The largest absolute Gasteiger partial charge is 0.497 e. The van der Waals surface area contributed by atoms with Crippen LogP contribution in [0.5, 0.6) is 5.75 Å². The van der Waals surface area contributed by atoms with Gasteiger partial charge in [-0.1, -0.05) is 64.1 Å². The van der Waals surface area contributed by atoms with Gasteiger partial charge in [0, 0.05) is 20.5 Å². The Morgan fingerprint density at radius 1 is 1.00 bits per heavy atom. The topological polar surface area (TPSA) is 38.7 Å². The fraction of sp³-hybridized carbons (Fsp3) is 0.0909. The molecule has 27 heavy (non-hydrogen) atoms. The molecule has 1 aliphatic heterocycles. The predicted molar refractivity (Wildman–Crippen MR) is 112 cm³/mol. The summed E-state index contributed by atoms with van der Waals surface area (Å²) in [7, 11) is 1.64. The van der Waals surface area contributed by atoms with Crippen LogP contribution in [0.25, 0.3) is 0 Å². The van der Waals surface area contributed by atoms with Gasteiger partial charge in [-0.15, -0.1) is 0 Å². The van der Waals surface area contributed by atoms with Crippen molar-refractivity contribution in [3.63, 3.8) is 0 Å². The molecule has 1 unspecified atom stereocenters. The van der Waals surface area contributed by atoms with Gasteiger partial charge in [0.15, 0.2) is 10.5 Å². The molecule has 3 aromatic carbocycles. The highest BCUT2D eigenvalue weighted by Crippen LogP contribution is 2.56. The van der Waals surface area contributed by atoms with Crippen molar-refractivity contribution in [2.75, 3.05) is 7.11 Å². The Kier molecular flexibility index (Phi) is 3.78. The highest BCUT2D eigenvalue weighted by atomic mass is 79.9. The third-order valence-electron chi connectivity index (χ3n) is 4.97. The Morgan fingerprint density at radius 3 is 2.63 bits per heavy atom. The van der Waals surface area contributed by atoms with E-state index in [4.69, 9.17) is 9.73 Å². The molecule has 0 saturated heterocycles. The molecule has 2 aliphatic rings. The first-order valence-electron chi connectivity index (χ1n) is 8.50. The molecule has 0 bridgehead atoms. The van der Waals surface area contributed by atoms with Gasteiger partial charge in [-0.3, -0.25) is 4.79 Å². The van der Waals surface area contributed by atoms with Gasteiger partial charge < -0.3 is 4.74 Å². The zero-order valence-electron chi connectivity index (χ0n) is 14.4. The molecule has 0 N–H and O–H groups in total. The number of carbonyl (C=O) groups is 1. The number of hydrogen-bond donors (Lipinski definition) is 0. The zero-order chi connectivity index (χ0) is 18.6. The lowest BCUT2D eigenvalue weighted by Gasteiger charge is -2.32. The molecule has 3 nitrogen and oxygen atoms in total. The molecule has 132 valence electrons. The smallest absolute Gasteiger partial charge is 0.190 e. The Morgan fingerprint density at radius 2 is 1.81 bits per heavy atom. The minimum Gasteiger partial charge on any atom is -0.497 e. The predicted octanol–water partition coefficient (Wildman–Crippen LogP) is 5.78. The number of benzene rings is 3. The van der Waals surface area contributed by atoms with Crippen LogP contribution in [0.4, 0.5) is 5.69 Å². The van der Waals surface area contributed by atoms with Gasteiger partial charge in [-0.25, -0.2) is 4.99 Å². The third kappa shape index (κ3) is 2.35. The third-order valence-corrected chi connectivity index (χ3v) is 6.93. The number of fused-ring (bicyclic) bond motifs is 4. The van der Waals surface area contributed by atoms with E-state index in [9.17, 15) is 4.79 Å². The Balaban J connectivity index is 1.83. The lowest BCUT2D eigenvalue weighted by atomic mass is 9.91. The van der Waals surface area contributed by atoms with Crippen molar-refractivity contribution in [2.24, 2.45) is 4.99 Å². The van der Waals surface area contributed by atoms with E-state index >= 15 is 0 Å². The SMILES string of the molecule is COc1cccc(C23Sc4cc(Br)ccc4N=C2c2ccccc2C3=O)c1. The first-order valence-corrected chi connectivity index (χ1v) is 10.1. The van der Waals surface area contributed by atoms with Crippen molar-refractivity contribution in [1.29, 1.82) is 0 Å². The average Bonchev–Trinajstić information content (AvgIpc) is 2.96. The van der Waals surface area contributed by atoms with E-state index in [1.54, 1.807) is 18.9 Å². The fourth-order valence-electron chi connectivity index (χ4n) is 3.72. The van der Waals surface area contributed by atoms with E-state index in [1.807, 2.05) is 66.7 Å². The second-order valence-corrected chi connectivity index (χ2v) is 8.63. The van der Waals surface area contributed by atoms with Gasteiger partial charge in [0.2, 0.25) is 0 Å². The van der Waals surface area contributed by atoms with Crippen LogP contribution >= 0.6 is 27.7 Å². The van der Waals surface area contributed by atoms with Crippen LogP contribution in [0.1, 0.15) is 21.5 Å². The standard InChI is InChI=1S/C22H14BrNO2S/c1-26-15-6-4-5-13(11-15)22-20(16-7-2-3-8-17(16)21(22)25)24-18-10-9-14(23)12-19(18)27-22/h2-12H,1H3.